The molecule has 0 aliphatic carbocycles. The summed E-state index contributed by atoms with van der Waals surface area (Å²) >= 11 is 0. The van der Waals surface area contributed by atoms with Crippen LogP contribution < -0.4 is 0 Å². The number of carbonyl (C=O) groups is 1. The average molecular weight is 402 g/mol. The predicted molar refractivity (Wildman–Crippen MR) is 117 cm³/mol. The van der Waals surface area contributed by atoms with Gasteiger partial charge in [0.15, 0.2) is 0 Å². The highest BCUT2D eigenvalue weighted by molar-refractivity contribution is 5.85. The molecular weight excluding hydrogens is 370 g/mol. The minimum absolute atomic E-state index is 0. The van der Waals surface area contributed by atoms with E-state index in [1.165, 1.54) is 11.1 Å². The minimum atomic E-state index is -0.0342. The molecule has 1 unspecified atom stereocenters. The highest BCUT2D eigenvalue weighted by atomic mass is 35.5. The van der Waals surface area contributed by atoms with Crippen molar-refractivity contribution in [3.8, 4) is 0 Å². The molecule has 1 atom stereocenters. The number of hydrogen-bond donors (Lipinski definition) is 0. The molecule has 0 amide bonds. The van der Waals surface area contributed by atoms with Crippen LogP contribution in [0, 0.1) is 11.8 Å². The van der Waals surface area contributed by atoms with Crippen molar-refractivity contribution in [3.63, 3.8) is 0 Å². The Balaban J connectivity index is 0.00000280. The first-order valence-corrected chi connectivity index (χ1v) is 10.2. The molecule has 152 valence electrons. The van der Waals surface area contributed by atoms with E-state index in [1.54, 1.807) is 0 Å². The maximum atomic E-state index is 12.5. The largest absolute Gasteiger partial charge is 0.466 e. The number of piperidine rings is 1. The molecule has 1 aliphatic rings. The fourth-order valence-electron chi connectivity index (χ4n) is 4.05. The zero-order valence-corrected chi connectivity index (χ0v) is 17.6. The molecule has 1 fully saturated rings. The Bertz CT molecular complexity index is 684. The van der Waals surface area contributed by atoms with Crippen LogP contribution in [0.3, 0.4) is 0 Å². The summed E-state index contributed by atoms with van der Waals surface area (Å²) in [6, 6.07) is 21.0. The summed E-state index contributed by atoms with van der Waals surface area (Å²) in [4.78, 5) is 15.0. The van der Waals surface area contributed by atoms with Crippen LogP contribution in [0.4, 0.5) is 0 Å². The van der Waals surface area contributed by atoms with E-state index in [-0.39, 0.29) is 24.3 Å². The highest BCUT2D eigenvalue weighted by Gasteiger charge is 2.27. The van der Waals surface area contributed by atoms with E-state index in [0.29, 0.717) is 12.5 Å². The van der Waals surface area contributed by atoms with Gasteiger partial charge in [-0.2, -0.15) is 0 Å². The molecule has 3 rings (SSSR count). The summed E-state index contributed by atoms with van der Waals surface area (Å²) in [7, 11) is 0. The van der Waals surface area contributed by atoms with Crippen LogP contribution in [0.1, 0.15) is 37.3 Å². The van der Waals surface area contributed by atoms with Gasteiger partial charge in [-0.1, -0.05) is 60.7 Å². The Hall–Kier alpha value is -1.84. The third-order valence-corrected chi connectivity index (χ3v) is 5.52. The van der Waals surface area contributed by atoms with Crippen molar-refractivity contribution in [2.45, 2.75) is 39.2 Å². The van der Waals surface area contributed by atoms with Gasteiger partial charge >= 0.3 is 5.97 Å². The number of hydrogen-bond acceptors (Lipinski definition) is 3. The number of carbonyl (C=O) groups excluding carboxylic acids is 1. The van der Waals surface area contributed by atoms with E-state index < -0.39 is 0 Å². The second kappa shape index (κ2) is 11.9. The third kappa shape index (κ3) is 6.96. The molecule has 2 aromatic carbocycles. The molecule has 0 bridgehead atoms. The fourth-order valence-corrected chi connectivity index (χ4v) is 4.05. The number of nitrogens with zero attached hydrogens (tertiary/aromatic N) is 1. The first-order chi connectivity index (χ1) is 13.2. The standard InChI is InChI=1S/C24H31NO2.ClH/c1-2-27-24(26)23(17-20-9-5-3-6-10-20)18-21-13-15-25(16-14-21)19-22-11-7-4-8-12-22;/h3-12,21,23H,2,13-19H2,1H3;1H. The van der Waals surface area contributed by atoms with Crippen LogP contribution in [-0.4, -0.2) is 30.6 Å². The molecule has 3 nitrogen and oxygen atoms in total. The molecule has 0 aromatic heterocycles. The van der Waals surface area contributed by atoms with Gasteiger partial charge in [-0.15, -0.1) is 12.4 Å². The van der Waals surface area contributed by atoms with Crippen LogP contribution in [0.5, 0.6) is 0 Å². The summed E-state index contributed by atoms with van der Waals surface area (Å²) in [5, 5.41) is 0. The summed E-state index contributed by atoms with van der Waals surface area (Å²) in [5.74, 6) is 0.543. The zero-order chi connectivity index (χ0) is 18.9. The van der Waals surface area contributed by atoms with E-state index in [1.807, 2.05) is 25.1 Å². The quantitative estimate of drug-likeness (QED) is 0.574. The molecule has 4 heteroatoms. The zero-order valence-electron chi connectivity index (χ0n) is 16.8. The molecule has 28 heavy (non-hydrogen) atoms. The van der Waals surface area contributed by atoms with Crippen molar-refractivity contribution in [1.29, 1.82) is 0 Å². The van der Waals surface area contributed by atoms with Gasteiger partial charge in [0.05, 0.1) is 12.5 Å². The van der Waals surface area contributed by atoms with E-state index in [4.69, 9.17) is 4.74 Å². The molecule has 0 radical (unpaired) electrons. The molecule has 0 N–H and O–H groups in total. The normalized spacial score (nSPS) is 16.2. The van der Waals surface area contributed by atoms with Crippen LogP contribution >= 0.6 is 12.4 Å². The van der Waals surface area contributed by atoms with Crippen LogP contribution in [0.2, 0.25) is 0 Å². The number of benzene rings is 2. The van der Waals surface area contributed by atoms with Crippen molar-refractivity contribution < 1.29 is 9.53 Å². The highest BCUT2D eigenvalue weighted by Crippen LogP contribution is 2.28. The van der Waals surface area contributed by atoms with Gasteiger partial charge in [-0.3, -0.25) is 9.69 Å². The molecule has 0 spiro atoms. The Labute approximate surface area is 175 Å². The second-order valence-corrected chi connectivity index (χ2v) is 7.58. The topological polar surface area (TPSA) is 29.5 Å². The molecule has 1 aliphatic heterocycles. The van der Waals surface area contributed by atoms with Gasteiger partial charge in [0.25, 0.3) is 0 Å². The van der Waals surface area contributed by atoms with Crippen molar-refractivity contribution in [3.05, 3.63) is 71.8 Å². The minimum Gasteiger partial charge on any atom is -0.466 e. The Morgan fingerprint density at radius 3 is 2.14 bits per heavy atom. The van der Waals surface area contributed by atoms with Gasteiger partial charge < -0.3 is 4.74 Å². The fraction of sp³-hybridized carbons (Fsp3) is 0.458. The number of esters is 1. The maximum Gasteiger partial charge on any atom is 0.309 e. The summed E-state index contributed by atoms with van der Waals surface area (Å²) < 4.78 is 5.37. The first-order valence-electron chi connectivity index (χ1n) is 10.2. The Morgan fingerprint density at radius 1 is 1.00 bits per heavy atom. The lowest BCUT2D eigenvalue weighted by atomic mass is 9.84. The van der Waals surface area contributed by atoms with Gasteiger partial charge in [0, 0.05) is 6.54 Å². The average Bonchev–Trinajstić information content (AvgIpc) is 2.71. The number of halogens is 1. The van der Waals surface area contributed by atoms with Crippen LogP contribution in [0.25, 0.3) is 0 Å². The smallest absolute Gasteiger partial charge is 0.309 e. The lowest BCUT2D eigenvalue weighted by Gasteiger charge is -2.33. The predicted octanol–water partition coefficient (Wildman–Crippen LogP) is 5.13. The molecule has 1 saturated heterocycles. The van der Waals surface area contributed by atoms with Crippen LogP contribution in [-0.2, 0) is 22.5 Å². The summed E-state index contributed by atoms with van der Waals surface area (Å²) in [5.41, 5.74) is 2.60. The van der Waals surface area contributed by atoms with E-state index in [2.05, 4.69) is 47.4 Å². The van der Waals surface area contributed by atoms with E-state index in [0.717, 1.165) is 45.3 Å². The molecular formula is C24H32ClNO2. The van der Waals surface area contributed by atoms with Crippen molar-refractivity contribution >= 4 is 18.4 Å². The van der Waals surface area contributed by atoms with Gasteiger partial charge in [-0.25, -0.2) is 0 Å². The SMILES string of the molecule is CCOC(=O)C(Cc1ccccc1)CC1CCN(Cc2ccccc2)CC1.Cl. The molecule has 2 aromatic rings. The van der Waals surface area contributed by atoms with Crippen molar-refractivity contribution in [2.75, 3.05) is 19.7 Å². The molecule has 1 heterocycles. The molecule has 0 saturated carbocycles. The second-order valence-electron chi connectivity index (χ2n) is 7.58. The number of likely N-dealkylation sites (tertiary alicyclic amines) is 1. The van der Waals surface area contributed by atoms with Crippen molar-refractivity contribution in [1.82, 2.24) is 4.90 Å². The first kappa shape index (κ1) is 22.4. The monoisotopic (exact) mass is 401 g/mol. The van der Waals surface area contributed by atoms with Gasteiger partial charge in [0.2, 0.25) is 0 Å². The van der Waals surface area contributed by atoms with Crippen molar-refractivity contribution in [2.24, 2.45) is 11.8 Å². The van der Waals surface area contributed by atoms with E-state index >= 15 is 0 Å². The Morgan fingerprint density at radius 2 is 1.57 bits per heavy atom. The van der Waals surface area contributed by atoms with E-state index in [9.17, 15) is 4.79 Å². The summed E-state index contributed by atoms with van der Waals surface area (Å²) in [6.07, 6.45) is 4.05. The third-order valence-electron chi connectivity index (χ3n) is 5.52. The number of ether oxygens (including phenoxy) is 1. The summed E-state index contributed by atoms with van der Waals surface area (Å²) in [6.45, 7) is 5.60. The van der Waals surface area contributed by atoms with Gasteiger partial charge in [-0.05, 0) is 62.7 Å². The number of rotatable bonds is 8. The lowest BCUT2D eigenvalue weighted by molar-refractivity contribution is -0.148. The van der Waals surface area contributed by atoms with Crippen LogP contribution in [0.15, 0.2) is 60.7 Å². The van der Waals surface area contributed by atoms with Gasteiger partial charge in [0.1, 0.15) is 0 Å². The lowest BCUT2D eigenvalue weighted by Crippen LogP contribution is -2.35. The Kier molecular flexibility index (Phi) is 9.52. The maximum absolute atomic E-state index is 12.5.